The Bertz CT molecular complexity index is 775. The summed E-state index contributed by atoms with van der Waals surface area (Å²) in [5, 5.41) is 0. The molecule has 0 radical (unpaired) electrons. The minimum Gasteiger partial charge on any atom is -0.494 e. The minimum absolute atomic E-state index is 0.0963. The van der Waals surface area contributed by atoms with Gasteiger partial charge < -0.3 is 9.64 Å². The number of carbonyl (C=O) groups excluding carboxylic acids is 1. The molecule has 1 aliphatic rings. The lowest BCUT2D eigenvalue weighted by atomic mass is 10.1. The molecule has 142 valence electrons. The van der Waals surface area contributed by atoms with Crippen LogP contribution in [0.1, 0.15) is 23.6 Å². The first-order valence-corrected chi connectivity index (χ1v) is 9.62. The topological polar surface area (TPSA) is 32.8 Å². The fraction of sp³-hybridized carbons (Fsp3) is 0.348. The molecule has 0 spiro atoms. The van der Waals surface area contributed by atoms with Crippen LogP contribution in [-0.2, 0) is 11.3 Å². The lowest BCUT2D eigenvalue weighted by Gasteiger charge is -2.34. The zero-order valence-corrected chi connectivity index (χ0v) is 16.2. The second kappa shape index (κ2) is 9.38. The summed E-state index contributed by atoms with van der Waals surface area (Å²) in [6.45, 7) is 8.99. The van der Waals surface area contributed by atoms with Crippen molar-refractivity contribution in [2.75, 3.05) is 32.8 Å². The van der Waals surface area contributed by atoms with E-state index in [0.29, 0.717) is 6.61 Å². The van der Waals surface area contributed by atoms with E-state index < -0.39 is 0 Å². The van der Waals surface area contributed by atoms with E-state index in [2.05, 4.69) is 30.0 Å². The molecule has 4 heteroatoms. The molecule has 0 saturated carbocycles. The number of hydrogen-bond donors (Lipinski definition) is 0. The van der Waals surface area contributed by atoms with Gasteiger partial charge in [-0.2, -0.15) is 0 Å². The van der Waals surface area contributed by atoms with Crippen molar-refractivity contribution in [3.05, 3.63) is 71.3 Å². The van der Waals surface area contributed by atoms with Gasteiger partial charge in [-0.1, -0.05) is 36.4 Å². The third-order valence-electron chi connectivity index (χ3n) is 4.92. The van der Waals surface area contributed by atoms with Crippen molar-refractivity contribution < 1.29 is 9.53 Å². The monoisotopic (exact) mass is 364 g/mol. The molecule has 0 aliphatic carbocycles. The maximum Gasteiger partial charge on any atom is 0.246 e. The lowest BCUT2D eigenvalue weighted by Crippen LogP contribution is -2.47. The van der Waals surface area contributed by atoms with Gasteiger partial charge in [-0.05, 0) is 48.7 Å². The highest BCUT2D eigenvalue weighted by Crippen LogP contribution is 2.15. The van der Waals surface area contributed by atoms with E-state index in [1.165, 1.54) is 11.1 Å². The van der Waals surface area contributed by atoms with Gasteiger partial charge in [-0.25, -0.2) is 0 Å². The van der Waals surface area contributed by atoms with Crippen molar-refractivity contribution in [3.63, 3.8) is 0 Å². The van der Waals surface area contributed by atoms with Gasteiger partial charge in [-0.3, -0.25) is 9.69 Å². The summed E-state index contributed by atoms with van der Waals surface area (Å²) in [6, 6.07) is 16.4. The summed E-state index contributed by atoms with van der Waals surface area (Å²) in [6.07, 6.45) is 3.62. The van der Waals surface area contributed by atoms with Crippen molar-refractivity contribution in [1.82, 2.24) is 9.80 Å². The van der Waals surface area contributed by atoms with Crippen molar-refractivity contribution in [1.29, 1.82) is 0 Å². The average Bonchev–Trinajstić information content (AvgIpc) is 2.69. The predicted octanol–water partition coefficient (Wildman–Crippen LogP) is 3.75. The SMILES string of the molecule is CCOc1ccc(CN2CCN(C(=O)/C=C/c3ccccc3C)CC2)cc1. The first-order chi connectivity index (χ1) is 13.2. The standard InChI is InChI=1S/C23H28N2O2/c1-3-27-22-11-8-20(9-12-22)18-24-14-16-25(17-15-24)23(26)13-10-21-7-5-4-6-19(21)2/h4-13H,3,14-18H2,1-2H3/b13-10+. The second-order valence-corrected chi connectivity index (χ2v) is 6.87. The van der Waals surface area contributed by atoms with E-state index in [1.54, 1.807) is 6.08 Å². The van der Waals surface area contributed by atoms with Crippen molar-refractivity contribution in [2.45, 2.75) is 20.4 Å². The van der Waals surface area contributed by atoms with Crippen molar-refractivity contribution in [2.24, 2.45) is 0 Å². The molecule has 1 saturated heterocycles. The van der Waals surface area contributed by atoms with E-state index in [-0.39, 0.29) is 5.91 Å². The predicted molar refractivity (Wildman–Crippen MR) is 110 cm³/mol. The van der Waals surface area contributed by atoms with E-state index in [4.69, 9.17) is 4.74 Å². The van der Waals surface area contributed by atoms with Gasteiger partial charge in [0.25, 0.3) is 0 Å². The molecule has 0 bridgehead atoms. The van der Waals surface area contributed by atoms with E-state index in [0.717, 1.165) is 44.0 Å². The molecule has 27 heavy (non-hydrogen) atoms. The number of rotatable bonds is 6. The van der Waals surface area contributed by atoms with Gasteiger partial charge in [-0.15, -0.1) is 0 Å². The smallest absolute Gasteiger partial charge is 0.246 e. The first kappa shape index (κ1) is 19.2. The summed E-state index contributed by atoms with van der Waals surface area (Å²) in [7, 11) is 0. The molecule has 1 aliphatic heterocycles. The van der Waals surface area contributed by atoms with E-state index in [1.807, 2.05) is 48.2 Å². The van der Waals surface area contributed by atoms with E-state index in [9.17, 15) is 4.79 Å². The summed E-state index contributed by atoms with van der Waals surface area (Å²) >= 11 is 0. The van der Waals surface area contributed by atoms with Crippen LogP contribution in [0.25, 0.3) is 6.08 Å². The fourth-order valence-electron chi connectivity index (χ4n) is 3.28. The molecule has 1 fully saturated rings. The highest BCUT2D eigenvalue weighted by molar-refractivity contribution is 5.92. The van der Waals surface area contributed by atoms with E-state index >= 15 is 0 Å². The van der Waals surface area contributed by atoms with Gasteiger partial charge in [0.05, 0.1) is 6.61 Å². The molecule has 1 amide bonds. The Morgan fingerprint density at radius 1 is 1.04 bits per heavy atom. The van der Waals surface area contributed by atoms with Crippen molar-refractivity contribution >= 4 is 12.0 Å². The molecule has 4 nitrogen and oxygen atoms in total. The minimum atomic E-state index is 0.0963. The Morgan fingerprint density at radius 2 is 1.74 bits per heavy atom. The van der Waals surface area contributed by atoms with Crippen LogP contribution in [0.4, 0.5) is 0 Å². The number of aryl methyl sites for hydroxylation is 1. The van der Waals surface area contributed by atoms with Crippen LogP contribution in [0.15, 0.2) is 54.6 Å². The Labute approximate surface area is 162 Å². The van der Waals surface area contributed by atoms with Crippen LogP contribution >= 0.6 is 0 Å². The number of benzene rings is 2. The molecule has 0 aromatic heterocycles. The van der Waals surface area contributed by atoms with Gasteiger partial charge in [0.2, 0.25) is 5.91 Å². The lowest BCUT2D eigenvalue weighted by molar-refractivity contribution is -0.127. The van der Waals surface area contributed by atoms with Crippen LogP contribution in [0.3, 0.4) is 0 Å². The number of nitrogens with zero attached hydrogens (tertiary/aromatic N) is 2. The normalized spacial score (nSPS) is 15.3. The molecule has 2 aromatic carbocycles. The number of hydrogen-bond acceptors (Lipinski definition) is 3. The van der Waals surface area contributed by atoms with Crippen LogP contribution in [0, 0.1) is 6.92 Å². The van der Waals surface area contributed by atoms with Crippen LogP contribution in [-0.4, -0.2) is 48.5 Å². The highest BCUT2D eigenvalue weighted by atomic mass is 16.5. The molecule has 0 N–H and O–H groups in total. The second-order valence-electron chi connectivity index (χ2n) is 6.87. The number of piperazine rings is 1. The molecule has 3 rings (SSSR count). The molecule has 1 heterocycles. The molecular formula is C23H28N2O2. The third-order valence-corrected chi connectivity index (χ3v) is 4.92. The summed E-state index contributed by atoms with van der Waals surface area (Å²) in [5.41, 5.74) is 3.55. The first-order valence-electron chi connectivity index (χ1n) is 9.62. The zero-order valence-electron chi connectivity index (χ0n) is 16.2. The van der Waals surface area contributed by atoms with Crippen LogP contribution in [0.5, 0.6) is 5.75 Å². The van der Waals surface area contributed by atoms with Gasteiger partial charge >= 0.3 is 0 Å². The Kier molecular flexibility index (Phi) is 6.66. The van der Waals surface area contributed by atoms with Gasteiger partial charge in [0.1, 0.15) is 5.75 Å². The fourth-order valence-corrected chi connectivity index (χ4v) is 3.28. The summed E-state index contributed by atoms with van der Waals surface area (Å²) in [4.78, 5) is 16.8. The number of amides is 1. The molecule has 0 atom stereocenters. The Balaban J connectivity index is 1.48. The van der Waals surface area contributed by atoms with Crippen LogP contribution in [0.2, 0.25) is 0 Å². The number of carbonyl (C=O) groups is 1. The Hall–Kier alpha value is -2.59. The quantitative estimate of drug-likeness (QED) is 0.732. The van der Waals surface area contributed by atoms with Gasteiger partial charge in [0.15, 0.2) is 0 Å². The maximum atomic E-state index is 12.5. The Morgan fingerprint density at radius 3 is 2.41 bits per heavy atom. The number of ether oxygens (including phenoxy) is 1. The summed E-state index contributed by atoms with van der Waals surface area (Å²) in [5.74, 6) is 1.01. The van der Waals surface area contributed by atoms with Crippen LogP contribution < -0.4 is 4.74 Å². The molecule has 0 unspecified atom stereocenters. The third kappa shape index (κ3) is 5.44. The molecular weight excluding hydrogens is 336 g/mol. The van der Waals surface area contributed by atoms with Gasteiger partial charge in [0, 0.05) is 38.8 Å². The largest absolute Gasteiger partial charge is 0.494 e. The average molecular weight is 364 g/mol. The zero-order chi connectivity index (χ0) is 19.1. The highest BCUT2D eigenvalue weighted by Gasteiger charge is 2.19. The summed E-state index contributed by atoms with van der Waals surface area (Å²) < 4.78 is 5.49. The van der Waals surface area contributed by atoms with Crippen molar-refractivity contribution in [3.8, 4) is 5.75 Å². The maximum absolute atomic E-state index is 12.5. The molecule has 2 aromatic rings.